The number of ether oxygens (including phenoxy) is 2. The SMILES string of the molecule is O=NP(=O)(O)c1ccccc1OCCCOc1ccccc1P(=O)(O)O. The minimum Gasteiger partial charge on any atom is -0.493 e. The summed E-state index contributed by atoms with van der Waals surface area (Å²) in [6.45, 7) is 0.190. The summed E-state index contributed by atoms with van der Waals surface area (Å²) < 4.78 is 33.9. The second kappa shape index (κ2) is 8.58. The van der Waals surface area contributed by atoms with E-state index >= 15 is 0 Å². The molecule has 2 aromatic rings. The van der Waals surface area contributed by atoms with Gasteiger partial charge in [0.1, 0.15) is 22.1 Å². The van der Waals surface area contributed by atoms with Crippen LogP contribution >= 0.6 is 15.1 Å². The Morgan fingerprint density at radius 3 is 1.77 bits per heavy atom. The van der Waals surface area contributed by atoms with E-state index in [-0.39, 0.29) is 35.3 Å². The molecule has 0 saturated heterocycles. The fourth-order valence-corrected chi connectivity index (χ4v) is 3.61. The predicted molar refractivity (Wildman–Crippen MR) is 95.4 cm³/mol. The number of para-hydroxylation sites is 2. The second-order valence-corrected chi connectivity index (χ2v) is 8.46. The normalized spacial score (nSPS) is 13.7. The maximum atomic E-state index is 11.7. The molecular weight excluding hydrogens is 384 g/mol. The van der Waals surface area contributed by atoms with Crippen molar-refractivity contribution in [2.45, 2.75) is 6.42 Å². The smallest absolute Gasteiger partial charge is 0.383 e. The zero-order valence-corrected chi connectivity index (χ0v) is 15.3. The number of nitrogens with zero attached hydrogens (tertiary/aromatic N) is 1. The molecule has 0 aliphatic carbocycles. The monoisotopic (exact) mass is 401 g/mol. The third-order valence-corrected chi connectivity index (χ3v) is 5.49. The Labute approximate surface area is 149 Å². The molecule has 0 saturated carbocycles. The molecule has 1 unspecified atom stereocenters. The molecule has 0 bridgehead atoms. The largest absolute Gasteiger partial charge is 0.493 e. The minimum atomic E-state index is -4.44. The molecule has 2 aromatic carbocycles. The van der Waals surface area contributed by atoms with Gasteiger partial charge in [0.2, 0.25) is 0 Å². The highest BCUT2D eigenvalue weighted by molar-refractivity contribution is 7.64. The number of hydrogen-bond donors (Lipinski definition) is 3. The van der Waals surface area contributed by atoms with Crippen LogP contribution in [0.15, 0.2) is 53.5 Å². The predicted octanol–water partition coefficient (Wildman–Crippen LogP) is 1.91. The molecule has 0 heterocycles. The summed E-state index contributed by atoms with van der Waals surface area (Å²) in [4.78, 5) is 40.9. The van der Waals surface area contributed by atoms with Crippen molar-refractivity contribution < 1.29 is 33.3 Å². The number of nitroso groups, excluding NO2 is 1. The van der Waals surface area contributed by atoms with Crippen molar-refractivity contribution in [2.24, 2.45) is 4.95 Å². The topological polar surface area (TPSA) is 143 Å². The second-order valence-electron chi connectivity index (χ2n) is 5.16. The summed E-state index contributed by atoms with van der Waals surface area (Å²) in [5.74, 6) is 0.139. The zero-order chi connectivity index (χ0) is 19.2. The van der Waals surface area contributed by atoms with Crippen LogP contribution in [-0.4, -0.2) is 27.9 Å². The van der Waals surface area contributed by atoms with E-state index in [1.54, 1.807) is 12.1 Å². The van der Waals surface area contributed by atoms with E-state index in [9.17, 15) is 28.7 Å². The van der Waals surface area contributed by atoms with Gasteiger partial charge in [-0.25, -0.2) is 0 Å². The van der Waals surface area contributed by atoms with Crippen molar-refractivity contribution >= 4 is 25.7 Å². The van der Waals surface area contributed by atoms with E-state index in [2.05, 4.69) is 4.95 Å². The molecule has 0 radical (unpaired) electrons. The Kier molecular flexibility index (Phi) is 6.69. The quantitative estimate of drug-likeness (QED) is 0.329. The molecule has 11 heteroatoms. The first-order valence-electron chi connectivity index (χ1n) is 7.44. The van der Waals surface area contributed by atoms with Crippen molar-refractivity contribution in [1.82, 2.24) is 0 Å². The minimum absolute atomic E-state index is 0.0635. The van der Waals surface area contributed by atoms with Gasteiger partial charge in [0.25, 0.3) is 0 Å². The lowest BCUT2D eigenvalue weighted by atomic mass is 10.3. The Hall–Kier alpha value is -2.02. The van der Waals surface area contributed by atoms with Gasteiger partial charge in [0.05, 0.1) is 13.2 Å². The fraction of sp³-hybridized carbons (Fsp3) is 0.200. The van der Waals surface area contributed by atoms with Crippen LogP contribution in [0.3, 0.4) is 0 Å². The van der Waals surface area contributed by atoms with Gasteiger partial charge in [0, 0.05) is 11.4 Å². The van der Waals surface area contributed by atoms with Gasteiger partial charge in [-0.1, -0.05) is 24.3 Å². The van der Waals surface area contributed by atoms with Gasteiger partial charge < -0.3 is 24.2 Å². The van der Waals surface area contributed by atoms with Crippen LogP contribution in [-0.2, 0) is 9.13 Å². The third kappa shape index (κ3) is 5.24. The molecule has 1 atom stereocenters. The van der Waals surface area contributed by atoms with Crippen molar-refractivity contribution in [1.29, 1.82) is 0 Å². The molecule has 0 aliphatic heterocycles. The summed E-state index contributed by atoms with van der Waals surface area (Å²) in [5.41, 5.74) is 0. The Morgan fingerprint density at radius 1 is 0.808 bits per heavy atom. The molecule has 0 aromatic heterocycles. The van der Waals surface area contributed by atoms with Crippen LogP contribution in [0.4, 0.5) is 0 Å². The fourth-order valence-electron chi connectivity index (χ4n) is 2.11. The van der Waals surface area contributed by atoms with Gasteiger partial charge in [-0.15, -0.1) is 4.91 Å². The van der Waals surface area contributed by atoms with Crippen molar-refractivity contribution in [2.75, 3.05) is 13.2 Å². The number of hydrogen-bond acceptors (Lipinski definition) is 5. The molecule has 0 fully saturated rings. The number of benzene rings is 2. The van der Waals surface area contributed by atoms with Gasteiger partial charge in [-0.3, -0.25) is 9.13 Å². The molecule has 3 N–H and O–H groups in total. The van der Waals surface area contributed by atoms with Crippen LogP contribution in [0, 0.1) is 4.91 Å². The average Bonchev–Trinajstić information content (AvgIpc) is 2.61. The van der Waals surface area contributed by atoms with E-state index in [1.807, 2.05) is 0 Å². The van der Waals surface area contributed by atoms with Gasteiger partial charge >= 0.3 is 15.1 Å². The van der Waals surface area contributed by atoms with E-state index in [0.29, 0.717) is 6.42 Å². The van der Waals surface area contributed by atoms with E-state index < -0.39 is 15.1 Å². The maximum absolute atomic E-state index is 11.7. The molecule has 26 heavy (non-hydrogen) atoms. The average molecular weight is 401 g/mol. The summed E-state index contributed by atoms with van der Waals surface area (Å²) >= 11 is 0. The highest BCUT2D eigenvalue weighted by atomic mass is 31.2. The molecule has 140 valence electrons. The first-order chi connectivity index (χ1) is 12.3. The van der Waals surface area contributed by atoms with Crippen LogP contribution < -0.4 is 20.1 Å². The van der Waals surface area contributed by atoms with Crippen molar-refractivity contribution in [3.8, 4) is 11.5 Å². The van der Waals surface area contributed by atoms with Crippen molar-refractivity contribution in [3.63, 3.8) is 0 Å². The van der Waals surface area contributed by atoms with E-state index in [0.717, 1.165) is 0 Å². The summed E-state index contributed by atoms with van der Waals surface area (Å²) in [6.07, 6.45) is 0.327. The molecule has 0 aliphatic rings. The highest BCUT2D eigenvalue weighted by Crippen LogP contribution is 2.43. The molecule has 2 rings (SSSR count). The van der Waals surface area contributed by atoms with Crippen molar-refractivity contribution in [3.05, 3.63) is 53.4 Å². The standard InChI is InChI=1S/C15H17NO8P2/c17-16-25(18,19)14-8-3-1-6-12(14)23-10-5-11-24-13-7-2-4-9-15(13)26(20,21)22/h1-4,6-9H,5,10-11H2,(H,18,19)(H2,20,21,22). The molecule has 0 spiro atoms. The number of rotatable bonds is 9. The highest BCUT2D eigenvalue weighted by Gasteiger charge is 2.26. The van der Waals surface area contributed by atoms with Gasteiger partial charge in [0.15, 0.2) is 0 Å². The first kappa shape index (κ1) is 20.3. The summed E-state index contributed by atoms with van der Waals surface area (Å²) in [6, 6.07) is 11.6. The van der Waals surface area contributed by atoms with Gasteiger partial charge in [-0.05, 0) is 24.3 Å². The Morgan fingerprint density at radius 2 is 1.27 bits per heavy atom. The zero-order valence-electron chi connectivity index (χ0n) is 13.5. The first-order valence-corrected chi connectivity index (χ1v) is 10.7. The van der Waals surface area contributed by atoms with Gasteiger partial charge in [-0.2, -0.15) is 0 Å². The van der Waals surface area contributed by atoms with E-state index in [1.165, 1.54) is 36.4 Å². The summed E-state index contributed by atoms with van der Waals surface area (Å²) in [7, 11) is -8.81. The maximum Gasteiger partial charge on any atom is 0.383 e. The third-order valence-electron chi connectivity index (χ3n) is 3.27. The lowest BCUT2D eigenvalue weighted by Gasteiger charge is -2.13. The van der Waals surface area contributed by atoms with Crippen LogP contribution in [0.5, 0.6) is 11.5 Å². The molecule has 9 nitrogen and oxygen atoms in total. The lowest BCUT2D eigenvalue weighted by molar-refractivity contribution is 0.249. The molecule has 0 amide bonds. The van der Waals surface area contributed by atoms with E-state index in [4.69, 9.17) is 9.47 Å². The Balaban J connectivity index is 1.93. The van der Waals surface area contributed by atoms with Crippen LogP contribution in [0.25, 0.3) is 0 Å². The van der Waals surface area contributed by atoms with Crippen LogP contribution in [0.1, 0.15) is 6.42 Å². The lowest BCUT2D eigenvalue weighted by Crippen LogP contribution is -2.14. The van der Waals surface area contributed by atoms with Crippen LogP contribution in [0.2, 0.25) is 0 Å². The Bertz CT molecular complexity index is 866. The summed E-state index contributed by atoms with van der Waals surface area (Å²) in [5, 5.41) is -0.396. The molecular formula is C15H17NO8P2.